The van der Waals surface area contributed by atoms with E-state index in [1.165, 1.54) is 0 Å². The average molecular weight is 293 g/mol. The molecule has 0 unspecified atom stereocenters. The lowest BCUT2D eigenvalue weighted by Gasteiger charge is -2.09. The van der Waals surface area contributed by atoms with Gasteiger partial charge >= 0.3 is 0 Å². The van der Waals surface area contributed by atoms with E-state index in [4.69, 9.17) is 27.5 Å². The van der Waals surface area contributed by atoms with Crippen molar-refractivity contribution in [3.63, 3.8) is 0 Å². The Morgan fingerprint density at radius 3 is 2.75 bits per heavy atom. The molecule has 0 amide bonds. The Balaban J connectivity index is 2.10. The van der Waals surface area contributed by atoms with Gasteiger partial charge < -0.3 is 10.5 Å². The summed E-state index contributed by atoms with van der Waals surface area (Å²) in [7, 11) is 1.89. The van der Waals surface area contributed by atoms with Crippen LogP contribution in [0.4, 0.5) is 0 Å². The zero-order chi connectivity index (χ0) is 14.7. The summed E-state index contributed by atoms with van der Waals surface area (Å²) in [6.45, 7) is 2.45. The Hall–Kier alpha value is -2.01. The topological polar surface area (TPSA) is 76.9 Å². The number of aryl methyl sites for hydroxylation is 2. The van der Waals surface area contributed by atoms with Gasteiger partial charge in [-0.05, 0) is 30.7 Å². The summed E-state index contributed by atoms with van der Waals surface area (Å²) in [4.78, 5) is 0. The molecule has 0 atom stereocenters. The van der Waals surface area contributed by atoms with Gasteiger partial charge in [-0.3, -0.25) is 10.1 Å². The van der Waals surface area contributed by atoms with Crippen LogP contribution in [0.2, 0.25) is 5.02 Å². The fourth-order valence-corrected chi connectivity index (χ4v) is 2.05. The lowest BCUT2D eigenvalue weighted by atomic mass is 10.2. The number of benzene rings is 1. The largest absolute Gasteiger partial charge is 0.486 e. The summed E-state index contributed by atoms with van der Waals surface area (Å²) in [6, 6.07) is 7.07. The minimum absolute atomic E-state index is 0.0160. The number of nitrogens with zero attached hydrogens (tertiary/aromatic N) is 2. The molecule has 0 bridgehead atoms. The third-order valence-electron chi connectivity index (χ3n) is 3.01. The second kappa shape index (κ2) is 5.96. The van der Waals surface area contributed by atoms with Gasteiger partial charge in [0, 0.05) is 12.6 Å². The number of nitrogens with one attached hydrogen (secondary N) is 1. The van der Waals surface area contributed by atoms with Crippen molar-refractivity contribution in [1.82, 2.24) is 9.78 Å². The minimum atomic E-state index is -0.0160. The minimum Gasteiger partial charge on any atom is -0.486 e. The maximum atomic E-state index is 7.36. The first-order valence-corrected chi connectivity index (χ1v) is 6.67. The first kappa shape index (κ1) is 14.4. The van der Waals surface area contributed by atoms with Crippen molar-refractivity contribution in [2.24, 2.45) is 12.8 Å². The van der Waals surface area contributed by atoms with Gasteiger partial charge in [-0.25, -0.2) is 0 Å². The third kappa shape index (κ3) is 3.11. The van der Waals surface area contributed by atoms with Gasteiger partial charge in [-0.1, -0.05) is 18.5 Å². The van der Waals surface area contributed by atoms with Crippen LogP contribution >= 0.6 is 11.6 Å². The van der Waals surface area contributed by atoms with Crippen molar-refractivity contribution in [3.05, 3.63) is 46.2 Å². The molecule has 6 heteroatoms. The smallest absolute Gasteiger partial charge is 0.138 e. The molecule has 5 nitrogen and oxygen atoms in total. The van der Waals surface area contributed by atoms with Crippen LogP contribution in [0.15, 0.2) is 24.3 Å². The van der Waals surface area contributed by atoms with Gasteiger partial charge in [0.15, 0.2) is 0 Å². The van der Waals surface area contributed by atoms with Crippen LogP contribution in [0, 0.1) is 5.41 Å². The Morgan fingerprint density at radius 2 is 2.20 bits per heavy atom. The predicted octanol–water partition coefficient (Wildman–Crippen LogP) is 2.50. The molecule has 0 fully saturated rings. The normalized spacial score (nSPS) is 10.6. The predicted molar refractivity (Wildman–Crippen MR) is 79.4 cm³/mol. The van der Waals surface area contributed by atoms with Gasteiger partial charge in [-0.2, -0.15) is 5.10 Å². The molecule has 2 aromatic rings. The van der Waals surface area contributed by atoms with Crippen molar-refractivity contribution >= 4 is 17.4 Å². The van der Waals surface area contributed by atoms with Gasteiger partial charge in [-0.15, -0.1) is 0 Å². The van der Waals surface area contributed by atoms with E-state index in [1.54, 1.807) is 22.9 Å². The van der Waals surface area contributed by atoms with Gasteiger partial charge in [0.25, 0.3) is 0 Å². The lowest BCUT2D eigenvalue weighted by Crippen LogP contribution is -2.11. The van der Waals surface area contributed by atoms with Crippen LogP contribution in [0.1, 0.15) is 23.9 Å². The monoisotopic (exact) mass is 292 g/mol. The standard InChI is InChI=1S/C14H17ClN4O/c1-3-10-7-11(19(2)18-10)8-20-13-5-4-9(14(16)17)6-12(13)15/h4-7H,3,8H2,1-2H3,(H3,16,17). The molecular formula is C14H17ClN4O. The Morgan fingerprint density at radius 1 is 1.45 bits per heavy atom. The average Bonchev–Trinajstić information content (AvgIpc) is 2.78. The summed E-state index contributed by atoms with van der Waals surface area (Å²) >= 11 is 6.11. The Bertz CT molecular complexity index is 636. The second-order valence-corrected chi connectivity index (χ2v) is 4.86. The molecule has 106 valence electrons. The van der Waals surface area contributed by atoms with E-state index >= 15 is 0 Å². The molecule has 0 saturated heterocycles. The Labute approximate surface area is 122 Å². The highest BCUT2D eigenvalue weighted by atomic mass is 35.5. The van der Waals surface area contributed by atoms with E-state index in [9.17, 15) is 0 Å². The van der Waals surface area contributed by atoms with Crippen molar-refractivity contribution in [2.75, 3.05) is 0 Å². The van der Waals surface area contributed by atoms with E-state index in [0.717, 1.165) is 17.8 Å². The fourth-order valence-electron chi connectivity index (χ4n) is 1.82. The number of aromatic nitrogens is 2. The van der Waals surface area contributed by atoms with Crippen molar-refractivity contribution in [2.45, 2.75) is 20.0 Å². The Kier molecular flexibility index (Phi) is 4.29. The molecule has 1 aromatic carbocycles. The SMILES string of the molecule is CCc1cc(COc2ccc(C(=N)N)cc2Cl)n(C)n1. The zero-order valence-corrected chi connectivity index (χ0v) is 12.2. The zero-order valence-electron chi connectivity index (χ0n) is 11.5. The molecule has 0 radical (unpaired) electrons. The first-order valence-electron chi connectivity index (χ1n) is 6.29. The van der Waals surface area contributed by atoms with Crippen LogP contribution in [0.3, 0.4) is 0 Å². The number of amidine groups is 1. The molecule has 0 aliphatic rings. The lowest BCUT2D eigenvalue weighted by molar-refractivity contribution is 0.295. The van der Waals surface area contributed by atoms with Crippen LogP contribution < -0.4 is 10.5 Å². The first-order chi connectivity index (χ1) is 9.51. The van der Waals surface area contributed by atoms with Crippen molar-refractivity contribution in [1.29, 1.82) is 5.41 Å². The molecule has 3 N–H and O–H groups in total. The van der Waals surface area contributed by atoms with E-state index in [1.807, 2.05) is 13.1 Å². The summed E-state index contributed by atoms with van der Waals surface area (Å²) in [5, 5.41) is 12.2. The fraction of sp³-hybridized carbons (Fsp3) is 0.286. The van der Waals surface area contributed by atoms with Crippen molar-refractivity contribution in [3.8, 4) is 5.75 Å². The molecule has 1 heterocycles. The molecule has 0 aliphatic heterocycles. The number of nitrogen functional groups attached to an aromatic ring is 1. The molecule has 0 aliphatic carbocycles. The van der Waals surface area contributed by atoms with Gasteiger partial charge in [0.1, 0.15) is 18.2 Å². The third-order valence-corrected chi connectivity index (χ3v) is 3.30. The highest BCUT2D eigenvalue weighted by Gasteiger charge is 2.08. The number of hydrogen-bond acceptors (Lipinski definition) is 3. The van der Waals surface area contributed by atoms with Gasteiger partial charge in [0.05, 0.1) is 16.4 Å². The second-order valence-electron chi connectivity index (χ2n) is 4.45. The number of halogens is 1. The maximum absolute atomic E-state index is 7.36. The molecule has 0 spiro atoms. The maximum Gasteiger partial charge on any atom is 0.138 e. The number of rotatable bonds is 5. The summed E-state index contributed by atoms with van der Waals surface area (Å²) in [5.41, 5.74) is 8.00. The van der Waals surface area contributed by atoms with Crippen LogP contribution in [0.5, 0.6) is 5.75 Å². The van der Waals surface area contributed by atoms with Crippen LogP contribution in [-0.2, 0) is 20.1 Å². The molecule has 0 saturated carbocycles. The summed E-state index contributed by atoms with van der Waals surface area (Å²) in [6.07, 6.45) is 0.891. The highest BCUT2D eigenvalue weighted by molar-refractivity contribution is 6.32. The molecule has 1 aromatic heterocycles. The van der Waals surface area contributed by atoms with E-state index in [2.05, 4.69) is 12.0 Å². The number of ether oxygens (including phenoxy) is 1. The number of nitrogens with two attached hydrogens (primary N) is 1. The molecular weight excluding hydrogens is 276 g/mol. The van der Waals surface area contributed by atoms with Crippen LogP contribution in [0.25, 0.3) is 0 Å². The van der Waals surface area contributed by atoms with Gasteiger partial charge in [0.2, 0.25) is 0 Å². The summed E-state index contributed by atoms with van der Waals surface area (Å²) in [5.74, 6) is 0.550. The van der Waals surface area contributed by atoms with E-state index in [0.29, 0.717) is 22.9 Å². The molecule has 20 heavy (non-hydrogen) atoms. The highest BCUT2D eigenvalue weighted by Crippen LogP contribution is 2.26. The van der Waals surface area contributed by atoms with E-state index < -0.39 is 0 Å². The van der Waals surface area contributed by atoms with Crippen LogP contribution in [-0.4, -0.2) is 15.6 Å². The quantitative estimate of drug-likeness (QED) is 0.656. The molecule has 2 rings (SSSR count). The number of hydrogen-bond donors (Lipinski definition) is 2. The van der Waals surface area contributed by atoms with E-state index in [-0.39, 0.29) is 5.84 Å². The van der Waals surface area contributed by atoms with Crippen molar-refractivity contribution < 1.29 is 4.74 Å². The summed E-state index contributed by atoms with van der Waals surface area (Å²) < 4.78 is 7.49.